The number of hydrogen-bond donors (Lipinski definition) is 2. The number of nitrogens with one attached hydrogen (secondary N) is 2. The van der Waals surface area contributed by atoms with Gasteiger partial charge in [-0.3, -0.25) is 14.4 Å². The van der Waals surface area contributed by atoms with Crippen LogP contribution in [0.3, 0.4) is 0 Å². The number of rotatable bonds is 5. The first-order chi connectivity index (χ1) is 13.0. The van der Waals surface area contributed by atoms with Crippen molar-refractivity contribution in [3.8, 4) is 0 Å². The van der Waals surface area contributed by atoms with Crippen LogP contribution in [0.4, 0.5) is 11.4 Å². The summed E-state index contributed by atoms with van der Waals surface area (Å²) in [7, 11) is 0. The Labute approximate surface area is 158 Å². The van der Waals surface area contributed by atoms with E-state index in [0.717, 1.165) is 24.2 Å². The van der Waals surface area contributed by atoms with Crippen LogP contribution < -0.4 is 15.5 Å². The molecular formula is C21H23N3O3. The molecule has 1 unspecified atom stereocenters. The number of amides is 3. The first-order valence-corrected chi connectivity index (χ1v) is 9.03. The maximum absolute atomic E-state index is 12.4. The normalized spacial score (nSPS) is 14.7. The fourth-order valence-corrected chi connectivity index (χ4v) is 3.12. The lowest BCUT2D eigenvalue weighted by molar-refractivity contribution is -0.118. The van der Waals surface area contributed by atoms with E-state index in [1.807, 2.05) is 25.1 Å². The Hall–Kier alpha value is -3.15. The van der Waals surface area contributed by atoms with E-state index in [-0.39, 0.29) is 17.7 Å². The predicted molar refractivity (Wildman–Crippen MR) is 105 cm³/mol. The Kier molecular flexibility index (Phi) is 5.54. The van der Waals surface area contributed by atoms with Crippen molar-refractivity contribution >= 4 is 29.1 Å². The molecule has 140 valence electrons. The second-order valence-corrected chi connectivity index (χ2v) is 6.70. The van der Waals surface area contributed by atoms with Crippen LogP contribution in [0, 0.1) is 6.92 Å². The minimum atomic E-state index is -0.683. The Morgan fingerprint density at radius 2 is 1.85 bits per heavy atom. The molecule has 6 heteroatoms. The van der Waals surface area contributed by atoms with Crippen molar-refractivity contribution < 1.29 is 14.4 Å². The Morgan fingerprint density at radius 1 is 1.11 bits per heavy atom. The molecule has 1 heterocycles. The van der Waals surface area contributed by atoms with E-state index >= 15 is 0 Å². The summed E-state index contributed by atoms with van der Waals surface area (Å²) >= 11 is 0. The molecule has 1 fully saturated rings. The summed E-state index contributed by atoms with van der Waals surface area (Å²) in [5.74, 6) is -0.465. The topological polar surface area (TPSA) is 78.5 Å². The molecule has 27 heavy (non-hydrogen) atoms. The van der Waals surface area contributed by atoms with E-state index in [0.29, 0.717) is 17.7 Å². The molecule has 0 saturated carbocycles. The minimum Gasteiger partial charge on any atom is -0.341 e. The molecule has 3 amide bonds. The molecule has 0 aromatic heterocycles. The van der Waals surface area contributed by atoms with Crippen LogP contribution in [0.15, 0.2) is 48.5 Å². The van der Waals surface area contributed by atoms with E-state index < -0.39 is 6.04 Å². The lowest BCUT2D eigenvalue weighted by Gasteiger charge is -2.20. The fraction of sp³-hybridized carbons (Fsp3) is 0.286. The number of anilines is 2. The third kappa shape index (κ3) is 4.34. The molecule has 1 aliphatic heterocycles. The van der Waals surface area contributed by atoms with Gasteiger partial charge in [0, 0.05) is 29.9 Å². The highest BCUT2D eigenvalue weighted by Crippen LogP contribution is 2.27. The second-order valence-electron chi connectivity index (χ2n) is 6.70. The average Bonchev–Trinajstić information content (AvgIpc) is 3.08. The summed E-state index contributed by atoms with van der Waals surface area (Å²) in [6.45, 7) is 4.28. The van der Waals surface area contributed by atoms with Gasteiger partial charge in [0.25, 0.3) is 5.91 Å². The molecule has 0 bridgehead atoms. The zero-order valence-electron chi connectivity index (χ0n) is 15.5. The van der Waals surface area contributed by atoms with Gasteiger partial charge in [0.05, 0.1) is 0 Å². The van der Waals surface area contributed by atoms with Crippen molar-refractivity contribution in [1.82, 2.24) is 5.32 Å². The van der Waals surface area contributed by atoms with Gasteiger partial charge in [-0.2, -0.15) is 0 Å². The van der Waals surface area contributed by atoms with Gasteiger partial charge in [0.15, 0.2) is 0 Å². The van der Waals surface area contributed by atoms with Crippen molar-refractivity contribution in [1.29, 1.82) is 0 Å². The van der Waals surface area contributed by atoms with Crippen LogP contribution >= 0.6 is 0 Å². The van der Waals surface area contributed by atoms with E-state index in [2.05, 4.69) is 10.6 Å². The number of carbonyl (C=O) groups is 3. The minimum absolute atomic E-state index is 0.132. The van der Waals surface area contributed by atoms with Crippen molar-refractivity contribution in [2.45, 2.75) is 32.7 Å². The zero-order chi connectivity index (χ0) is 19.4. The van der Waals surface area contributed by atoms with Crippen molar-refractivity contribution in [2.75, 3.05) is 16.8 Å². The van der Waals surface area contributed by atoms with Crippen molar-refractivity contribution in [2.24, 2.45) is 0 Å². The maximum atomic E-state index is 12.4. The molecule has 2 aromatic carbocycles. The van der Waals surface area contributed by atoms with E-state index in [9.17, 15) is 14.4 Å². The SMILES string of the molecule is Cc1cc(NC(=O)C(C)NC(=O)c2ccccc2)ccc1N1CCCC1=O. The van der Waals surface area contributed by atoms with Crippen molar-refractivity contribution in [3.63, 3.8) is 0 Å². The van der Waals surface area contributed by atoms with Crippen LogP contribution in [0.1, 0.15) is 35.7 Å². The first-order valence-electron chi connectivity index (χ1n) is 9.03. The highest BCUT2D eigenvalue weighted by Gasteiger charge is 2.23. The molecule has 0 aliphatic carbocycles. The molecule has 1 aliphatic rings. The van der Waals surface area contributed by atoms with Gasteiger partial charge >= 0.3 is 0 Å². The molecular weight excluding hydrogens is 342 g/mol. The van der Waals surface area contributed by atoms with Gasteiger partial charge in [-0.05, 0) is 56.2 Å². The third-order valence-electron chi connectivity index (χ3n) is 4.61. The van der Waals surface area contributed by atoms with Gasteiger partial charge < -0.3 is 15.5 Å². The number of carbonyl (C=O) groups excluding carboxylic acids is 3. The zero-order valence-corrected chi connectivity index (χ0v) is 15.5. The van der Waals surface area contributed by atoms with Gasteiger partial charge in [0.2, 0.25) is 11.8 Å². The summed E-state index contributed by atoms with van der Waals surface area (Å²) in [6, 6.07) is 13.5. The largest absolute Gasteiger partial charge is 0.341 e. The number of nitrogens with zero attached hydrogens (tertiary/aromatic N) is 1. The second kappa shape index (κ2) is 8.03. The first kappa shape index (κ1) is 18.6. The van der Waals surface area contributed by atoms with Crippen LogP contribution in [0.5, 0.6) is 0 Å². The molecule has 2 N–H and O–H groups in total. The number of benzene rings is 2. The molecule has 6 nitrogen and oxygen atoms in total. The fourth-order valence-electron chi connectivity index (χ4n) is 3.12. The quantitative estimate of drug-likeness (QED) is 0.855. The third-order valence-corrected chi connectivity index (χ3v) is 4.61. The van der Waals surface area contributed by atoms with E-state index in [4.69, 9.17) is 0 Å². The summed E-state index contributed by atoms with van der Waals surface area (Å²) < 4.78 is 0. The van der Waals surface area contributed by atoms with Crippen LogP contribution in [0.2, 0.25) is 0 Å². The maximum Gasteiger partial charge on any atom is 0.251 e. The highest BCUT2D eigenvalue weighted by atomic mass is 16.2. The van der Waals surface area contributed by atoms with Gasteiger partial charge in [-0.1, -0.05) is 18.2 Å². The van der Waals surface area contributed by atoms with Crippen LogP contribution in [-0.2, 0) is 9.59 Å². The standard InChI is InChI=1S/C21H23N3O3/c1-14-13-17(10-11-18(14)24-12-6-9-19(24)25)23-20(26)15(2)22-21(27)16-7-4-3-5-8-16/h3-5,7-8,10-11,13,15H,6,9,12H2,1-2H3,(H,22,27)(H,23,26). The Bertz CT molecular complexity index is 864. The lowest BCUT2D eigenvalue weighted by atomic mass is 10.1. The lowest BCUT2D eigenvalue weighted by Crippen LogP contribution is -2.41. The number of hydrogen-bond acceptors (Lipinski definition) is 3. The molecule has 1 saturated heterocycles. The van der Waals surface area contributed by atoms with Gasteiger partial charge in [0.1, 0.15) is 6.04 Å². The molecule has 0 spiro atoms. The average molecular weight is 365 g/mol. The molecule has 0 radical (unpaired) electrons. The summed E-state index contributed by atoms with van der Waals surface area (Å²) in [6.07, 6.45) is 1.45. The summed E-state index contributed by atoms with van der Waals surface area (Å²) in [4.78, 5) is 38.2. The van der Waals surface area contributed by atoms with E-state index in [1.165, 1.54) is 0 Å². The summed E-state index contributed by atoms with van der Waals surface area (Å²) in [5, 5.41) is 5.50. The monoisotopic (exact) mass is 365 g/mol. The molecule has 2 aromatic rings. The molecule has 3 rings (SSSR count). The van der Waals surface area contributed by atoms with Crippen molar-refractivity contribution in [3.05, 3.63) is 59.7 Å². The van der Waals surface area contributed by atoms with Crippen LogP contribution in [-0.4, -0.2) is 30.3 Å². The Morgan fingerprint density at radius 3 is 2.48 bits per heavy atom. The predicted octanol–water partition coefficient (Wildman–Crippen LogP) is 2.88. The smallest absolute Gasteiger partial charge is 0.251 e. The van der Waals surface area contributed by atoms with Crippen LogP contribution in [0.25, 0.3) is 0 Å². The molecule has 1 atom stereocenters. The Balaban J connectivity index is 1.62. The van der Waals surface area contributed by atoms with Gasteiger partial charge in [-0.25, -0.2) is 0 Å². The van der Waals surface area contributed by atoms with Gasteiger partial charge in [-0.15, -0.1) is 0 Å². The summed E-state index contributed by atoms with van der Waals surface area (Å²) in [5.41, 5.74) is 2.94. The number of aryl methyl sites for hydroxylation is 1. The highest BCUT2D eigenvalue weighted by molar-refractivity contribution is 6.01. The van der Waals surface area contributed by atoms with E-state index in [1.54, 1.807) is 42.2 Å².